The number of rotatable bonds is 5. The van der Waals surface area contributed by atoms with Crippen LogP contribution in [0.25, 0.3) is 16.8 Å². The molecule has 0 fully saturated rings. The fourth-order valence-electron chi connectivity index (χ4n) is 4.30. The minimum absolute atomic E-state index is 0.0131. The van der Waals surface area contributed by atoms with E-state index in [4.69, 9.17) is 4.74 Å². The van der Waals surface area contributed by atoms with Gasteiger partial charge in [-0.3, -0.25) is 5.48 Å². The van der Waals surface area contributed by atoms with Gasteiger partial charge in [-0.15, -0.1) is 0 Å². The molecular weight excluding hydrogens is 461 g/mol. The number of hydrogen-bond acceptors (Lipinski definition) is 5. The standard InChI is InChI=1S/C26H21F3N2O4/c27-26(28,29)25(33)13-23(31-35-25)17-11-9-16(10-12-17)14-30-24(32)34-15-22-20-7-3-1-5-18(20)19-6-2-4-8-21(19)22/h1-13,22,31,33H,14-15H2,(H,30,32). The summed E-state index contributed by atoms with van der Waals surface area (Å²) in [6, 6.07) is 22.5. The normalized spacial score (nSPS) is 18.9. The van der Waals surface area contributed by atoms with Crippen molar-refractivity contribution in [1.82, 2.24) is 10.8 Å². The van der Waals surface area contributed by atoms with Crippen molar-refractivity contribution in [2.75, 3.05) is 6.61 Å². The Hall–Kier alpha value is -3.82. The van der Waals surface area contributed by atoms with E-state index < -0.39 is 18.1 Å². The van der Waals surface area contributed by atoms with Gasteiger partial charge in [0, 0.05) is 18.5 Å². The van der Waals surface area contributed by atoms with Crippen LogP contribution in [0.1, 0.15) is 28.2 Å². The first-order valence-corrected chi connectivity index (χ1v) is 10.9. The number of benzene rings is 3. The molecule has 2 aliphatic rings. The molecule has 0 saturated heterocycles. The minimum atomic E-state index is -4.98. The van der Waals surface area contributed by atoms with Gasteiger partial charge in [0.25, 0.3) is 0 Å². The number of carbonyl (C=O) groups is 1. The molecular formula is C26H21F3N2O4. The summed E-state index contributed by atoms with van der Waals surface area (Å²) in [6.45, 7) is 0.368. The van der Waals surface area contributed by atoms with Gasteiger partial charge in [-0.05, 0) is 33.4 Å². The van der Waals surface area contributed by atoms with E-state index in [1.807, 2.05) is 36.4 Å². The van der Waals surface area contributed by atoms with Gasteiger partial charge in [0.2, 0.25) is 0 Å². The smallest absolute Gasteiger partial charge is 0.449 e. The van der Waals surface area contributed by atoms with E-state index in [1.165, 1.54) is 0 Å². The molecule has 0 radical (unpaired) electrons. The number of nitrogens with one attached hydrogen (secondary N) is 2. The summed E-state index contributed by atoms with van der Waals surface area (Å²) in [4.78, 5) is 16.6. The van der Waals surface area contributed by atoms with E-state index in [9.17, 15) is 23.1 Å². The highest BCUT2D eigenvalue weighted by molar-refractivity contribution is 5.79. The van der Waals surface area contributed by atoms with Crippen molar-refractivity contribution in [2.45, 2.75) is 24.4 Å². The van der Waals surface area contributed by atoms with Crippen molar-refractivity contribution >= 4 is 11.8 Å². The number of amides is 1. The van der Waals surface area contributed by atoms with Crippen LogP contribution in [0.3, 0.4) is 0 Å². The summed E-state index contributed by atoms with van der Waals surface area (Å²) in [7, 11) is 0. The van der Waals surface area contributed by atoms with Gasteiger partial charge in [-0.2, -0.15) is 13.2 Å². The topological polar surface area (TPSA) is 79.8 Å². The maximum Gasteiger partial charge on any atom is 0.449 e. The second kappa shape index (κ2) is 8.75. The molecule has 1 unspecified atom stereocenters. The van der Waals surface area contributed by atoms with Gasteiger partial charge in [-0.1, -0.05) is 72.8 Å². The van der Waals surface area contributed by atoms with Gasteiger partial charge >= 0.3 is 18.1 Å². The highest BCUT2D eigenvalue weighted by atomic mass is 19.4. The lowest BCUT2D eigenvalue weighted by Gasteiger charge is -2.21. The predicted molar refractivity (Wildman–Crippen MR) is 122 cm³/mol. The SMILES string of the molecule is O=C(NCc1ccc(C2=CC(O)(C(F)(F)F)ON2)cc1)OCC1c2ccccc2-c2ccccc21. The zero-order chi connectivity index (χ0) is 24.6. The number of alkyl carbamates (subject to hydrolysis) is 1. The number of alkyl halides is 3. The van der Waals surface area contributed by atoms with Crippen molar-refractivity contribution in [3.8, 4) is 11.1 Å². The summed E-state index contributed by atoms with van der Waals surface area (Å²) >= 11 is 0. The van der Waals surface area contributed by atoms with E-state index >= 15 is 0 Å². The molecule has 35 heavy (non-hydrogen) atoms. The number of aliphatic hydroxyl groups is 1. The van der Waals surface area contributed by atoms with Crippen LogP contribution in [0.5, 0.6) is 0 Å². The first kappa shape index (κ1) is 22.9. The van der Waals surface area contributed by atoms with Crippen LogP contribution in [-0.2, 0) is 16.1 Å². The van der Waals surface area contributed by atoms with E-state index in [1.54, 1.807) is 24.3 Å². The maximum atomic E-state index is 12.9. The average molecular weight is 482 g/mol. The van der Waals surface area contributed by atoms with E-state index in [0.717, 1.165) is 22.3 Å². The molecule has 6 nitrogen and oxygen atoms in total. The molecule has 5 rings (SSSR count). The Kier molecular flexibility index (Phi) is 5.74. The predicted octanol–water partition coefficient (Wildman–Crippen LogP) is 4.85. The first-order chi connectivity index (χ1) is 16.7. The van der Waals surface area contributed by atoms with E-state index in [-0.39, 0.29) is 24.8 Å². The van der Waals surface area contributed by atoms with Crippen molar-refractivity contribution in [2.24, 2.45) is 0 Å². The number of fused-ring (bicyclic) bond motifs is 3. The number of carbonyl (C=O) groups excluding carboxylic acids is 1. The Balaban J connectivity index is 1.17. The lowest BCUT2D eigenvalue weighted by Crippen LogP contribution is -2.45. The van der Waals surface area contributed by atoms with Crippen molar-refractivity contribution in [3.05, 3.63) is 101 Å². The molecule has 1 aliphatic carbocycles. The Morgan fingerprint density at radius 3 is 2.17 bits per heavy atom. The molecule has 0 saturated carbocycles. The van der Waals surface area contributed by atoms with Crippen LogP contribution >= 0.6 is 0 Å². The Morgan fingerprint density at radius 2 is 1.60 bits per heavy atom. The first-order valence-electron chi connectivity index (χ1n) is 10.9. The van der Waals surface area contributed by atoms with Crippen molar-refractivity contribution in [3.63, 3.8) is 0 Å². The van der Waals surface area contributed by atoms with Crippen LogP contribution in [0.4, 0.5) is 18.0 Å². The third kappa shape index (κ3) is 4.36. The molecule has 3 N–H and O–H groups in total. The molecule has 1 atom stereocenters. The summed E-state index contributed by atoms with van der Waals surface area (Å²) in [5.74, 6) is -3.43. The third-order valence-corrected chi connectivity index (χ3v) is 6.11. The average Bonchev–Trinajstić information content (AvgIpc) is 3.41. The third-order valence-electron chi connectivity index (χ3n) is 6.11. The van der Waals surface area contributed by atoms with Gasteiger partial charge in [0.05, 0.1) is 5.70 Å². The van der Waals surface area contributed by atoms with Gasteiger partial charge in [0.1, 0.15) is 6.61 Å². The quantitative estimate of drug-likeness (QED) is 0.485. The monoisotopic (exact) mass is 482 g/mol. The molecule has 0 aromatic heterocycles. The van der Waals surface area contributed by atoms with Gasteiger partial charge in [-0.25, -0.2) is 9.63 Å². The molecule has 180 valence electrons. The number of hydrogen-bond donors (Lipinski definition) is 3. The molecule has 3 aromatic carbocycles. The van der Waals surface area contributed by atoms with Crippen LogP contribution < -0.4 is 10.8 Å². The van der Waals surface area contributed by atoms with Crippen LogP contribution in [0, 0.1) is 0 Å². The van der Waals surface area contributed by atoms with Crippen molar-refractivity contribution in [1.29, 1.82) is 0 Å². The lowest BCUT2D eigenvalue weighted by molar-refractivity contribution is -0.345. The van der Waals surface area contributed by atoms with E-state index in [2.05, 4.69) is 27.8 Å². The highest BCUT2D eigenvalue weighted by Crippen LogP contribution is 2.44. The summed E-state index contributed by atoms with van der Waals surface area (Å²) < 4.78 is 44.1. The summed E-state index contributed by atoms with van der Waals surface area (Å²) in [5.41, 5.74) is 7.71. The van der Waals surface area contributed by atoms with Gasteiger partial charge in [0.15, 0.2) is 0 Å². The Morgan fingerprint density at radius 1 is 1.00 bits per heavy atom. The summed E-state index contributed by atoms with van der Waals surface area (Å²) in [6.07, 6.45) is -4.98. The Labute approximate surface area is 198 Å². The molecule has 0 bridgehead atoms. The number of hydroxylamine groups is 1. The lowest BCUT2D eigenvalue weighted by atomic mass is 9.98. The second-order valence-corrected chi connectivity index (χ2v) is 8.33. The molecule has 0 spiro atoms. The van der Waals surface area contributed by atoms with Crippen molar-refractivity contribution < 1.29 is 32.6 Å². The minimum Gasteiger partial charge on any atom is -0.449 e. The Bertz CT molecular complexity index is 1240. The maximum absolute atomic E-state index is 12.9. The van der Waals surface area contributed by atoms with Crippen LogP contribution in [-0.4, -0.2) is 29.8 Å². The van der Waals surface area contributed by atoms with E-state index in [0.29, 0.717) is 17.2 Å². The van der Waals surface area contributed by atoms with Crippen LogP contribution in [0.15, 0.2) is 78.9 Å². The molecule has 1 aliphatic heterocycles. The zero-order valence-corrected chi connectivity index (χ0v) is 18.3. The number of ether oxygens (including phenoxy) is 1. The molecule has 9 heteroatoms. The molecule has 3 aromatic rings. The highest BCUT2D eigenvalue weighted by Gasteiger charge is 2.57. The zero-order valence-electron chi connectivity index (χ0n) is 18.3. The van der Waals surface area contributed by atoms with Gasteiger partial charge < -0.3 is 15.2 Å². The fraction of sp³-hybridized carbons (Fsp3) is 0.192. The molecule has 1 amide bonds. The number of halogens is 3. The second-order valence-electron chi connectivity index (χ2n) is 8.33. The molecule has 1 heterocycles. The largest absolute Gasteiger partial charge is 0.449 e. The van der Waals surface area contributed by atoms with Crippen LogP contribution in [0.2, 0.25) is 0 Å². The summed E-state index contributed by atoms with van der Waals surface area (Å²) in [5, 5.41) is 12.2. The fourth-order valence-corrected chi connectivity index (χ4v) is 4.30.